The Morgan fingerprint density at radius 3 is 2.42 bits per heavy atom. The lowest BCUT2D eigenvalue weighted by molar-refractivity contribution is 0.402. The summed E-state index contributed by atoms with van der Waals surface area (Å²) in [5, 5.41) is 2.58. The van der Waals surface area contributed by atoms with Crippen LogP contribution in [0.1, 0.15) is 44.7 Å². The van der Waals surface area contributed by atoms with Crippen molar-refractivity contribution in [2.24, 2.45) is 0 Å². The first-order valence-electron chi connectivity index (χ1n) is 7.09. The van der Waals surface area contributed by atoms with E-state index in [0.29, 0.717) is 5.92 Å². The van der Waals surface area contributed by atoms with Crippen LogP contribution in [-0.4, -0.2) is 24.0 Å². The molecule has 0 aliphatic rings. The minimum Gasteiger partial charge on any atom is -0.305 e. The van der Waals surface area contributed by atoms with E-state index in [-0.39, 0.29) is 0 Å². The van der Waals surface area contributed by atoms with Gasteiger partial charge >= 0.3 is 0 Å². The van der Waals surface area contributed by atoms with Gasteiger partial charge in [-0.05, 0) is 48.7 Å². The van der Waals surface area contributed by atoms with Gasteiger partial charge in [0.2, 0.25) is 0 Å². The van der Waals surface area contributed by atoms with Crippen molar-refractivity contribution in [1.82, 2.24) is 9.88 Å². The maximum absolute atomic E-state index is 4.24. The van der Waals surface area contributed by atoms with Crippen LogP contribution in [0.5, 0.6) is 0 Å². The van der Waals surface area contributed by atoms with Gasteiger partial charge in [0.05, 0.1) is 0 Å². The molecule has 2 nitrogen and oxygen atoms in total. The average Bonchev–Trinajstić information content (AvgIpc) is 2.39. The van der Waals surface area contributed by atoms with Crippen molar-refractivity contribution in [3.63, 3.8) is 0 Å². The summed E-state index contributed by atoms with van der Waals surface area (Å²) in [5.74, 6) is 0.531. The third kappa shape index (κ3) is 4.03. The number of aromatic nitrogens is 1. The topological polar surface area (TPSA) is 16.1 Å². The van der Waals surface area contributed by atoms with Crippen LogP contribution >= 0.6 is 0 Å². The van der Waals surface area contributed by atoms with E-state index in [1.54, 1.807) is 0 Å². The molecule has 0 fully saturated rings. The molecule has 0 spiro atoms. The minimum absolute atomic E-state index is 0.531. The molecule has 19 heavy (non-hydrogen) atoms. The zero-order valence-corrected chi connectivity index (χ0v) is 13.1. The fourth-order valence-corrected chi connectivity index (χ4v) is 2.23. The molecule has 2 aromatic rings. The molecule has 0 bridgehead atoms. The molecule has 0 amide bonds. The Labute approximate surface area is 117 Å². The van der Waals surface area contributed by atoms with Crippen LogP contribution in [0.3, 0.4) is 0 Å². The molecule has 0 N–H and O–H groups in total. The Balaban J connectivity index is 0.000000861. The molecule has 2 heteroatoms. The molecule has 0 radical (unpaired) electrons. The van der Waals surface area contributed by atoms with Crippen molar-refractivity contribution < 1.29 is 0 Å². The van der Waals surface area contributed by atoms with Crippen LogP contribution in [0.4, 0.5) is 0 Å². The molecular formula is C17H26N2. The second-order valence-corrected chi connectivity index (χ2v) is 5.17. The smallest absolute Gasteiger partial charge is 0.0349 e. The van der Waals surface area contributed by atoms with Crippen LogP contribution < -0.4 is 0 Å². The zero-order valence-electron chi connectivity index (χ0n) is 13.1. The minimum atomic E-state index is 0.531. The standard InChI is InChI=1S/C15H20N2.C2H6/c1-11(2)14-8-12(10-17(3)4)7-13-5-6-16-9-15(13)14;1-2/h5-9,11H,10H2,1-4H3;1-2H3. The molecule has 104 valence electrons. The monoisotopic (exact) mass is 258 g/mol. The van der Waals surface area contributed by atoms with E-state index in [1.807, 2.05) is 26.2 Å². The van der Waals surface area contributed by atoms with Crippen molar-refractivity contribution >= 4 is 10.8 Å². The molecule has 1 aromatic heterocycles. The Hall–Kier alpha value is -1.41. The first-order chi connectivity index (χ1) is 9.08. The second-order valence-electron chi connectivity index (χ2n) is 5.17. The molecule has 1 heterocycles. The Kier molecular flexibility index (Phi) is 5.97. The molecule has 1 aromatic carbocycles. The lowest BCUT2D eigenvalue weighted by Gasteiger charge is -2.15. The van der Waals surface area contributed by atoms with Gasteiger partial charge in [-0.15, -0.1) is 0 Å². The van der Waals surface area contributed by atoms with Crippen molar-refractivity contribution in [1.29, 1.82) is 0 Å². The Morgan fingerprint density at radius 1 is 1.16 bits per heavy atom. The van der Waals surface area contributed by atoms with Gasteiger partial charge in [-0.25, -0.2) is 0 Å². The summed E-state index contributed by atoms with van der Waals surface area (Å²) < 4.78 is 0. The summed E-state index contributed by atoms with van der Waals surface area (Å²) in [6.07, 6.45) is 3.84. The van der Waals surface area contributed by atoms with Gasteiger partial charge in [-0.3, -0.25) is 4.98 Å². The summed E-state index contributed by atoms with van der Waals surface area (Å²) in [6.45, 7) is 9.46. The molecule has 2 rings (SSSR count). The number of hydrogen-bond donors (Lipinski definition) is 0. The van der Waals surface area contributed by atoms with Crippen LogP contribution in [0, 0.1) is 0 Å². The average molecular weight is 258 g/mol. The molecule has 0 aliphatic carbocycles. The first kappa shape index (κ1) is 15.6. The van der Waals surface area contributed by atoms with Crippen LogP contribution in [0.2, 0.25) is 0 Å². The van der Waals surface area contributed by atoms with Gasteiger partial charge in [0.1, 0.15) is 0 Å². The van der Waals surface area contributed by atoms with Crippen molar-refractivity contribution in [2.45, 2.75) is 40.2 Å². The maximum atomic E-state index is 4.24. The van der Waals surface area contributed by atoms with Gasteiger partial charge in [0.25, 0.3) is 0 Å². The van der Waals surface area contributed by atoms with E-state index >= 15 is 0 Å². The summed E-state index contributed by atoms with van der Waals surface area (Å²) in [4.78, 5) is 6.44. The van der Waals surface area contributed by atoms with Crippen molar-refractivity contribution in [2.75, 3.05) is 14.1 Å². The van der Waals surface area contributed by atoms with E-state index in [1.165, 1.54) is 21.9 Å². The molecule has 0 saturated carbocycles. The van der Waals surface area contributed by atoms with Crippen LogP contribution in [0.15, 0.2) is 30.6 Å². The van der Waals surface area contributed by atoms with Crippen LogP contribution in [0.25, 0.3) is 10.8 Å². The predicted octanol–water partition coefficient (Wildman–Crippen LogP) is 4.45. The van der Waals surface area contributed by atoms with E-state index < -0.39 is 0 Å². The predicted molar refractivity (Wildman–Crippen MR) is 84.6 cm³/mol. The lowest BCUT2D eigenvalue weighted by Crippen LogP contribution is -2.11. The highest BCUT2D eigenvalue weighted by Gasteiger charge is 2.08. The fraction of sp³-hybridized carbons (Fsp3) is 0.471. The SMILES string of the molecule is CC.CC(C)c1cc(CN(C)C)cc2ccncc12. The zero-order chi connectivity index (χ0) is 14.4. The first-order valence-corrected chi connectivity index (χ1v) is 7.09. The normalized spacial score (nSPS) is 10.7. The van der Waals surface area contributed by atoms with Gasteiger partial charge in [0.15, 0.2) is 0 Å². The van der Waals surface area contributed by atoms with Gasteiger partial charge < -0.3 is 4.90 Å². The highest BCUT2D eigenvalue weighted by atomic mass is 15.0. The van der Waals surface area contributed by atoms with Gasteiger partial charge in [-0.1, -0.05) is 33.8 Å². The lowest BCUT2D eigenvalue weighted by atomic mass is 9.95. The number of nitrogens with zero attached hydrogens (tertiary/aromatic N) is 2. The summed E-state index contributed by atoms with van der Waals surface area (Å²) in [5.41, 5.74) is 2.77. The Bertz CT molecular complexity index is 516. The van der Waals surface area contributed by atoms with E-state index in [4.69, 9.17) is 0 Å². The van der Waals surface area contributed by atoms with Crippen molar-refractivity contribution in [3.05, 3.63) is 41.7 Å². The number of pyridine rings is 1. The maximum Gasteiger partial charge on any atom is 0.0349 e. The molecule has 0 aliphatic heterocycles. The van der Waals surface area contributed by atoms with Gasteiger partial charge in [0, 0.05) is 24.3 Å². The molecule has 0 saturated heterocycles. The van der Waals surface area contributed by atoms with Crippen molar-refractivity contribution in [3.8, 4) is 0 Å². The van der Waals surface area contributed by atoms with E-state index in [9.17, 15) is 0 Å². The third-order valence-electron chi connectivity index (χ3n) is 2.97. The fourth-order valence-electron chi connectivity index (χ4n) is 2.23. The molecule has 0 atom stereocenters. The highest BCUT2D eigenvalue weighted by molar-refractivity contribution is 5.86. The number of hydrogen-bond acceptors (Lipinski definition) is 2. The summed E-state index contributed by atoms with van der Waals surface area (Å²) >= 11 is 0. The Morgan fingerprint density at radius 2 is 1.84 bits per heavy atom. The van der Waals surface area contributed by atoms with Gasteiger partial charge in [-0.2, -0.15) is 0 Å². The highest BCUT2D eigenvalue weighted by Crippen LogP contribution is 2.26. The number of benzene rings is 1. The second kappa shape index (κ2) is 7.25. The largest absolute Gasteiger partial charge is 0.305 e. The quantitative estimate of drug-likeness (QED) is 0.808. The molecular weight excluding hydrogens is 232 g/mol. The molecule has 0 unspecified atom stereocenters. The third-order valence-corrected chi connectivity index (χ3v) is 2.97. The number of rotatable bonds is 3. The van der Waals surface area contributed by atoms with E-state index in [0.717, 1.165) is 6.54 Å². The summed E-state index contributed by atoms with van der Waals surface area (Å²) in [7, 11) is 4.21. The number of fused-ring (bicyclic) bond motifs is 1. The van der Waals surface area contributed by atoms with Crippen LogP contribution in [-0.2, 0) is 6.54 Å². The van der Waals surface area contributed by atoms with E-state index in [2.05, 4.69) is 56.0 Å². The summed E-state index contributed by atoms with van der Waals surface area (Å²) in [6, 6.07) is 6.68.